The zero-order valence-electron chi connectivity index (χ0n) is 11.5. The van der Waals surface area contributed by atoms with Crippen molar-refractivity contribution in [2.45, 2.75) is 0 Å². The summed E-state index contributed by atoms with van der Waals surface area (Å²) in [5.74, 6) is 0.149. The molecule has 0 atom stereocenters. The molecule has 1 amide bonds. The number of amides is 1. The highest BCUT2D eigenvalue weighted by molar-refractivity contribution is 6.42. The predicted molar refractivity (Wildman–Crippen MR) is 85.2 cm³/mol. The largest absolute Gasteiger partial charge is 0.304 e. The Bertz CT molecular complexity index is 839. The highest BCUT2D eigenvalue weighted by Crippen LogP contribution is 2.27. The van der Waals surface area contributed by atoms with E-state index >= 15 is 0 Å². The normalized spacial score (nSPS) is 10.7. The maximum absolute atomic E-state index is 12.1. The van der Waals surface area contributed by atoms with Crippen LogP contribution in [-0.4, -0.2) is 25.9 Å². The molecule has 2 N–H and O–H groups in total. The van der Waals surface area contributed by atoms with E-state index in [9.17, 15) is 4.79 Å². The number of rotatable bonds is 3. The molecule has 0 bridgehead atoms. The van der Waals surface area contributed by atoms with Crippen LogP contribution < -0.4 is 5.32 Å². The fourth-order valence-electron chi connectivity index (χ4n) is 1.91. The highest BCUT2D eigenvalue weighted by atomic mass is 35.5. The lowest BCUT2D eigenvalue weighted by Crippen LogP contribution is -2.12. The first kappa shape index (κ1) is 14.6. The van der Waals surface area contributed by atoms with Crippen molar-refractivity contribution < 1.29 is 4.79 Å². The molecule has 112 valence electrons. The van der Waals surface area contributed by atoms with Gasteiger partial charge in [-0.05, 0) is 18.2 Å². The van der Waals surface area contributed by atoms with Crippen molar-refractivity contribution in [3.05, 3.63) is 52.3 Å². The summed E-state index contributed by atoms with van der Waals surface area (Å²) in [5, 5.41) is 14.5. The van der Waals surface area contributed by atoms with Crippen LogP contribution in [0, 0.1) is 0 Å². The van der Waals surface area contributed by atoms with Crippen molar-refractivity contribution in [3.8, 4) is 11.3 Å². The molecule has 1 aromatic carbocycles. The molecular formula is C14H11Cl2N5O. The van der Waals surface area contributed by atoms with Crippen LogP contribution in [-0.2, 0) is 7.05 Å². The van der Waals surface area contributed by atoms with E-state index < -0.39 is 0 Å². The van der Waals surface area contributed by atoms with E-state index in [2.05, 4.69) is 20.6 Å². The van der Waals surface area contributed by atoms with E-state index in [1.54, 1.807) is 48.3 Å². The third-order valence-electron chi connectivity index (χ3n) is 2.99. The number of halogens is 2. The molecule has 2 aromatic heterocycles. The van der Waals surface area contributed by atoms with E-state index in [-0.39, 0.29) is 5.91 Å². The Morgan fingerprint density at radius 3 is 2.73 bits per heavy atom. The van der Waals surface area contributed by atoms with Crippen LogP contribution in [0.15, 0.2) is 36.5 Å². The topological polar surface area (TPSA) is 75.6 Å². The molecule has 0 aliphatic heterocycles. The summed E-state index contributed by atoms with van der Waals surface area (Å²) < 4.78 is 1.60. The molecule has 3 rings (SSSR count). The molecule has 22 heavy (non-hydrogen) atoms. The van der Waals surface area contributed by atoms with Gasteiger partial charge < -0.3 is 5.32 Å². The number of aromatic nitrogens is 4. The van der Waals surface area contributed by atoms with Crippen LogP contribution in [0.5, 0.6) is 0 Å². The molecule has 0 saturated heterocycles. The molecule has 2 heterocycles. The van der Waals surface area contributed by atoms with Crippen molar-refractivity contribution in [3.63, 3.8) is 0 Å². The minimum atomic E-state index is -0.322. The third-order valence-corrected chi connectivity index (χ3v) is 3.73. The van der Waals surface area contributed by atoms with Crippen LogP contribution in [0.1, 0.15) is 10.5 Å². The first-order chi connectivity index (χ1) is 10.5. The molecule has 3 aromatic rings. The summed E-state index contributed by atoms with van der Waals surface area (Å²) in [5.41, 5.74) is 1.69. The maximum atomic E-state index is 12.1. The molecule has 8 heteroatoms. The average Bonchev–Trinajstić information content (AvgIpc) is 3.11. The fourth-order valence-corrected chi connectivity index (χ4v) is 2.20. The molecule has 0 aliphatic carbocycles. The molecule has 0 saturated carbocycles. The Morgan fingerprint density at radius 1 is 1.23 bits per heavy atom. The lowest BCUT2D eigenvalue weighted by Gasteiger charge is -1.99. The standard InChI is InChI=1S/C14H11Cl2N5O/c1-21-5-4-13(20-21)17-14(22)12-7-11(18-19-12)8-2-3-9(15)10(16)6-8/h2-7H,1H3,(H,18,19)(H,17,20,22). The minimum absolute atomic E-state index is 0.322. The van der Waals surface area contributed by atoms with E-state index in [0.29, 0.717) is 27.3 Å². The zero-order chi connectivity index (χ0) is 15.7. The van der Waals surface area contributed by atoms with Gasteiger partial charge in [0.25, 0.3) is 5.91 Å². The number of anilines is 1. The van der Waals surface area contributed by atoms with E-state index in [4.69, 9.17) is 23.2 Å². The van der Waals surface area contributed by atoms with E-state index in [0.717, 1.165) is 5.56 Å². The van der Waals surface area contributed by atoms with Crippen LogP contribution >= 0.6 is 23.2 Å². The van der Waals surface area contributed by atoms with Gasteiger partial charge in [0.05, 0.1) is 15.7 Å². The second-order valence-electron chi connectivity index (χ2n) is 4.62. The number of hydrogen-bond acceptors (Lipinski definition) is 3. The highest BCUT2D eigenvalue weighted by Gasteiger charge is 2.13. The molecule has 0 radical (unpaired) electrons. The van der Waals surface area contributed by atoms with Gasteiger partial charge in [0.2, 0.25) is 0 Å². The average molecular weight is 336 g/mol. The number of aryl methyl sites for hydroxylation is 1. The van der Waals surface area contributed by atoms with Gasteiger partial charge in [-0.3, -0.25) is 14.6 Å². The monoisotopic (exact) mass is 335 g/mol. The Labute approximate surface area is 136 Å². The second kappa shape index (κ2) is 5.82. The lowest BCUT2D eigenvalue weighted by molar-refractivity contribution is 0.102. The first-order valence-corrected chi connectivity index (χ1v) is 7.10. The molecular weight excluding hydrogens is 325 g/mol. The quantitative estimate of drug-likeness (QED) is 0.770. The maximum Gasteiger partial charge on any atom is 0.274 e. The van der Waals surface area contributed by atoms with Gasteiger partial charge >= 0.3 is 0 Å². The molecule has 0 aliphatic rings. The van der Waals surface area contributed by atoms with Gasteiger partial charge in [0.1, 0.15) is 5.69 Å². The molecule has 6 nitrogen and oxygen atoms in total. The van der Waals surface area contributed by atoms with Crippen LogP contribution in [0.4, 0.5) is 5.82 Å². The summed E-state index contributed by atoms with van der Waals surface area (Å²) in [6.07, 6.45) is 1.74. The summed E-state index contributed by atoms with van der Waals surface area (Å²) in [6.45, 7) is 0. The van der Waals surface area contributed by atoms with Gasteiger partial charge in [0, 0.05) is 24.9 Å². The number of nitrogens with one attached hydrogen (secondary N) is 2. The molecule has 0 unspecified atom stereocenters. The van der Waals surface area contributed by atoms with Crippen molar-refractivity contribution in [1.82, 2.24) is 20.0 Å². The number of benzene rings is 1. The smallest absolute Gasteiger partial charge is 0.274 e. The molecule has 0 fully saturated rings. The Kier molecular flexibility index (Phi) is 3.87. The summed E-state index contributed by atoms with van der Waals surface area (Å²) in [7, 11) is 1.77. The van der Waals surface area contributed by atoms with Gasteiger partial charge in [-0.15, -0.1) is 0 Å². The van der Waals surface area contributed by atoms with Crippen molar-refractivity contribution >= 4 is 34.9 Å². The van der Waals surface area contributed by atoms with Crippen molar-refractivity contribution in [2.75, 3.05) is 5.32 Å². The van der Waals surface area contributed by atoms with Crippen LogP contribution in [0.2, 0.25) is 10.0 Å². The summed E-state index contributed by atoms with van der Waals surface area (Å²) >= 11 is 11.9. The Hall–Kier alpha value is -2.31. The van der Waals surface area contributed by atoms with Crippen LogP contribution in [0.25, 0.3) is 11.3 Å². The van der Waals surface area contributed by atoms with Gasteiger partial charge in [-0.2, -0.15) is 10.2 Å². The number of H-pyrrole nitrogens is 1. The van der Waals surface area contributed by atoms with Gasteiger partial charge in [-0.25, -0.2) is 0 Å². The number of aromatic amines is 1. The van der Waals surface area contributed by atoms with E-state index in [1.807, 2.05) is 0 Å². The first-order valence-electron chi connectivity index (χ1n) is 6.35. The van der Waals surface area contributed by atoms with Crippen molar-refractivity contribution in [1.29, 1.82) is 0 Å². The fraction of sp³-hybridized carbons (Fsp3) is 0.0714. The lowest BCUT2D eigenvalue weighted by atomic mass is 10.1. The number of carbonyl (C=O) groups is 1. The number of nitrogens with zero attached hydrogens (tertiary/aromatic N) is 3. The predicted octanol–water partition coefficient (Wildman–Crippen LogP) is 3.37. The Balaban J connectivity index is 1.80. The third kappa shape index (κ3) is 2.98. The van der Waals surface area contributed by atoms with Gasteiger partial charge in [0.15, 0.2) is 5.82 Å². The SMILES string of the molecule is Cn1ccc(NC(=O)c2cc(-c3ccc(Cl)c(Cl)c3)n[nH]2)n1. The summed E-state index contributed by atoms with van der Waals surface area (Å²) in [6, 6.07) is 8.50. The number of hydrogen-bond donors (Lipinski definition) is 2. The number of carbonyl (C=O) groups excluding carboxylic acids is 1. The zero-order valence-corrected chi connectivity index (χ0v) is 13.0. The summed E-state index contributed by atoms with van der Waals surface area (Å²) in [4.78, 5) is 12.1. The van der Waals surface area contributed by atoms with Crippen molar-refractivity contribution in [2.24, 2.45) is 7.05 Å². The van der Waals surface area contributed by atoms with E-state index in [1.165, 1.54) is 0 Å². The minimum Gasteiger partial charge on any atom is -0.304 e. The van der Waals surface area contributed by atoms with Gasteiger partial charge in [-0.1, -0.05) is 29.3 Å². The Morgan fingerprint density at radius 2 is 2.05 bits per heavy atom. The van der Waals surface area contributed by atoms with Crippen LogP contribution in [0.3, 0.4) is 0 Å². The molecule has 0 spiro atoms. The second-order valence-corrected chi connectivity index (χ2v) is 5.44.